The standard InChI is InChI=1S/C10H8O3S.C3H9S/c11-14(12,13)10-6-5-8-3-1-2-4-9(8)7-10;1-4(2)3/h1-7H,(H,11,12,13);1-3H3/q;+1/p-1. The zero-order chi connectivity index (χ0) is 13.8. The van der Waals surface area contributed by atoms with Crippen molar-refractivity contribution in [1.29, 1.82) is 0 Å². The first kappa shape index (κ1) is 15.0. The highest BCUT2D eigenvalue weighted by atomic mass is 32.2. The van der Waals surface area contributed by atoms with Gasteiger partial charge in [-0.15, -0.1) is 0 Å². The quantitative estimate of drug-likeness (QED) is 0.596. The molecule has 0 amide bonds. The molecule has 0 fully saturated rings. The second-order valence-corrected chi connectivity index (χ2v) is 8.02. The largest absolute Gasteiger partial charge is 0.744 e. The molecule has 2 aromatic rings. The van der Waals surface area contributed by atoms with Gasteiger partial charge in [-0.2, -0.15) is 0 Å². The SMILES string of the molecule is C[S+](C)C.O=S(=O)([O-])c1ccc2ccccc2c1. The number of benzene rings is 2. The number of rotatable bonds is 1. The van der Waals surface area contributed by atoms with Gasteiger partial charge in [0, 0.05) is 0 Å². The van der Waals surface area contributed by atoms with Gasteiger partial charge in [0.1, 0.15) is 10.1 Å². The Bertz CT molecular complexity index is 616. The minimum absolute atomic E-state index is 0.184. The minimum Gasteiger partial charge on any atom is -0.744 e. The van der Waals surface area contributed by atoms with E-state index >= 15 is 0 Å². The third-order valence-corrected chi connectivity index (χ3v) is 2.84. The zero-order valence-electron chi connectivity index (χ0n) is 10.6. The van der Waals surface area contributed by atoms with Gasteiger partial charge in [0.05, 0.1) is 23.7 Å². The van der Waals surface area contributed by atoms with Crippen LogP contribution < -0.4 is 0 Å². The molecule has 0 heterocycles. The molecule has 0 bridgehead atoms. The second kappa shape index (κ2) is 6.22. The van der Waals surface area contributed by atoms with E-state index in [9.17, 15) is 13.0 Å². The minimum atomic E-state index is -4.34. The molecule has 2 rings (SSSR count). The van der Waals surface area contributed by atoms with Gasteiger partial charge in [0.25, 0.3) is 0 Å². The van der Waals surface area contributed by atoms with E-state index in [2.05, 4.69) is 18.8 Å². The second-order valence-electron chi connectivity index (χ2n) is 4.19. The molecular weight excluding hydrogens is 268 g/mol. The van der Waals surface area contributed by atoms with Crippen LogP contribution in [0.4, 0.5) is 0 Å². The smallest absolute Gasteiger partial charge is 0.124 e. The fraction of sp³-hybridized carbons (Fsp3) is 0.231. The molecule has 0 aromatic heterocycles. The predicted octanol–water partition coefficient (Wildman–Crippen LogP) is 2.24. The first-order valence-corrected chi connectivity index (χ1v) is 9.10. The summed E-state index contributed by atoms with van der Waals surface area (Å²) in [7, 11) is -3.71. The Kier molecular flexibility index (Phi) is 5.19. The van der Waals surface area contributed by atoms with Crippen molar-refractivity contribution in [2.24, 2.45) is 0 Å². The third kappa shape index (κ3) is 4.68. The molecule has 0 aliphatic carbocycles. The van der Waals surface area contributed by atoms with Crippen LogP contribution >= 0.6 is 0 Å². The van der Waals surface area contributed by atoms with E-state index in [-0.39, 0.29) is 4.90 Å². The summed E-state index contributed by atoms with van der Waals surface area (Å²) in [4.78, 5) is -0.184. The van der Waals surface area contributed by atoms with E-state index in [1.807, 2.05) is 12.1 Å². The molecule has 0 atom stereocenters. The fourth-order valence-electron chi connectivity index (χ4n) is 1.32. The summed E-state index contributed by atoms with van der Waals surface area (Å²) in [6.07, 6.45) is 6.58. The van der Waals surface area contributed by atoms with Crippen molar-refractivity contribution in [2.75, 3.05) is 18.8 Å². The molecule has 0 radical (unpaired) electrons. The number of hydrogen-bond donors (Lipinski definition) is 0. The van der Waals surface area contributed by atoms with Gasteiger partial charge in [-0.05, 0) is 33.8 Å². The van der Waals surface area contributed by atoms with E-state index < -0.39 is 10.1 Å². The molecule has 18 heavy (non-hydrogen) atoms. The molecule has 0 spiro atoms. The Balaban J connectivity index is 0.000000357. The molecule has 0 N–H and O–H groups in total. The van der Waals surface area contributed by atoms with Crippen molar-refractivity contribution < 1.29 is 13.0 Å². The molecule has 98 valence electrons. The van der Waals surface area contributed by atoms with E-state index in [1.54, 1.807) is 18.2 Å². The van der Waals surface area contributed by atoms with E-state index in [0.29, 0.717) is 10.9 Å². The average Bonchev–Trinajstić information content (AvgIpc) is 2.26. The molecule has 0 unspecified atom stereocenters. The van der Waals surface area contributed by atoms with Crippen molar-refractivity contribution in [3.8, 4) is 0 Å². The van der Waals surface area contributed by atoms with Gasteiger partial charge in [-0.1, -0.05) is 30.3 Å². The molecule has 3 nitrogen and oxygen atoms in total. The predicted molar refractivity (Wildman–Crippen MR) is 77.0 cm³/mol. The number of hydrogen-bond acceptors (Lipinski definition) is 3. The average molecular weight is 284 g/mol. The van der Waals surface area contributed by atoms with Crippen LogP contribution in [0.3, 0.4) is 0 Å². The van der Waals surface area contributed by atoms with Crippen LogP contribution in [0.15, 0.2) is 47.4 Å². The monoisotopic (exact) mass is 284 g/mol. The Morgan fingerprint density at radius 2 is 1.44 bits per heavy atom. The maximum absolute atomic E-state index is 10.7. The van der Waals surface area contributed by atoms with Crippen LogP contribution in [0.1, 0.15) is 0 Å². The highest BCUT2D eigenvalue weighted by Gasteiger charge is 2.01. The van der Waals surface area contributed by atoms with Crippen molar-refractivity contribution in [1.82, 2.24) is 0 Å². The summed E-state index contributed by atoms with van der Waals surface area (Å²) in [5, 5.41) is 1.67. The molecule has 5 heteroatoms. The zero-order valence-corrected chi connectivity index (χ0v) is 12.2. The lowest BCUT2D eigenvalue weighted by Crippen LogP contribution is -1.97. The molecule has 0 saturated carbocycles. The van der Waals surface area contributed by atoms with Gasteiger partial charge in [0.2, 0.25) is 0 Å². The van der Waals surface area contributed by atoms with Crippen molar-refractivity contribution >= 4 is 31.8 Å². The van der Waals surface area contributed by atoms with Crippen LogP contribution in [0.5, 0.6) is 0 Å². The summed E-state index contributed by atoms with van der Waals surface area (Å²) < 4.78 is 32.2. The van der Waals surface area contributed by atoms with Crippen LogP contribution in [-0.4, -0.2) is 31.7 Å². The lowest BCUT2D eigenvalue weighted by molar-refractivity contribution is 0.463. The van der Waals surface area contributed by atoms with Crippen molar-refractivity contribution in [3.63, 3.8) is 0 Å². The van der Waals surface area contributed by atoms with Crippen molar-refractivity contribution in [2.45, 2.75) is 4.90 Å². The Labute approximate surface area is 111 Å². The summed E-state index contributed by atoms with van der Waals surface area (Å²) in [6, 6.07) is 11.6. The summed E-state index contributed by atoms with van der Waals surface area (Å²) in [5.41, 5.74) is 0. The lowest BCUT2D eigenvalue weighted by Gasteiger charge is -2.07. The van der Waals surface area contributed by atoms with Gasteiger partial charge >= 0.3 is 0 Å². The molecule has 0 saturated heterocycles. The molecule has 0 aliphatic rings. The van der Waals surface area contributed by atoms with Gasteiger partial charge < -0.3 is 4.55 Å². The van der Waals surface area contributed by atoms with E-state index in [0.717, 1.165) is 10.8 Å². The van der Waals surface area contributed by atoms with Crippen molar-refractivity contribution in [3.05, 3.63) is 42.5 Å². The van der Waals surface area contributed by atoms with Crippen LogP contribution in [-0.2, 0) is 21.0 Å². The van der Waals surface area contributed by atoms with Crippen LogP contribution in [0.25, 0.3) is 10.8 Å². The van der Waals surface area contributed by atoms with E-state index in [4.69, 9.17) is 0 Å². The Hall–Kier alpha value is -1.04. The topological polar surface area (TPSA) is 57.2 Å². The first-order chi connectivity index (χ1) is 8.30. The van der Waals surface area contributed by atoms with Crippen LogP contribution in [0.2, 0.25) is 0 Å². The summed E-state index contributed by atoms with van der Waals surface area (Å²) in [6.45, 7) is 0. The van der Waals surface area contributed by atoms with E-state index in [1.165, 1.54) is 12.1 Å². The van der Waals surface area contributed by atoms with Crippen LogP contribution in [0, 0.1) is 0 Å². The summed E-state index contributed by atoms with van der Waals surface area (Å²) in [5.74, 6) is 0. The van der Waals surface area contributed by atoms with Gasteiger partial charge in [0.15, 0.2) is 0 Å². The summed E-state index contributed by atoms with van der Waals surface area (Å²) >= 11 is 0. The highest BCUT2D eigenvalue weighted by molar-refractivity contribution is 7.94. The molecule has 0 aliphatic heterocycles. The normalized spacial score (nSPS) is 11.2. The maximum atomic E-state index is 10.7. The lowest BCUT2D eigenvalue weighted by atomic mass is 10.1. The Morgan fingerprint density at radius 3 is 1.94 bits per heavy atom. The first-order valence-electron chi connectivity index (χ1n) is 5.24. The third-order valence-electron chi connectivity index (χ3n) is 2.01. The molecule has 2 aromatic carbocycles. The van der Waals surface area contributed by atoms with Gasteiger partial charge in [-0.25, -0.2) is 8.42 Å². The van der Waals surface area contributed by atoms with Gasteiger partial charge in [-0.3, -0.25) is 0 Å². The highest BCUT2D eigenvalue weighted by Crippen LogP contribution is 2.18. The maximum Gasteiger partial charge on any atom is 0.124 e. The Morgan fingerprint density at radius 1 is 0.944 bits per heavy atom. The molecular formula is C13H16O3S2. The fourth-order valence-corrected chi connectivity index (χ4v) is 1.83. The number of fused-ring (bicyclic) bond motifs is 1.